The molecule has 1 heterocycles. The Hall–Kier alpha value is -1.66. The Morgan fingerprint density at radius 2 is 1.88 bits per heavy atom. The number of nitrogens with zero attached hydrogens (tertiary/aromatic N) is 4. The topological polar surface area (TPSA) is 77.6 Å². The largest absolute Gasteiger partial charge is 0.326 e. The van der Waals surface area contributed by atoms with Crippen LogP contribution < -0.4 is 5.73 Å². The molecule has 5 nitrogen and oxygen atoms in total. The molecule has 0 radical (unpaired) electrons. The molecule has 0 aliphatic rings. The maximum Gasteiger partial charge on any atom is 0.203 e. The molecule has 0 saturated carbocycles. The van der Waals surface area contributed by atoms with E-state index in [9.17, 15) is 4.39 Å². The van der Waals surface area contributed by atoms with Crippen LogP contribution in [0.5, 0.6) is 0 Å². The normalized spacial score (nSPS) is 9.62. The first-order valence-corrected chi connectivity index (χ1v) is 4.30. The van der Waals surface area contributed by atoms with Gasteiger partial charge >= 0.3 is 0 Å². The van der Waals surface area contributed by atoms with E-state index < -0.39 is 0 Å². The third kappa shape index (κ3) is 2.47. The summed E-state index contributed by atoms with van der Waals surface area (Å²) in [6.45, 7) is 0.165. The fourth-order valence-electron chi connectivity index (χ4n) is 1.17. The van der Waals surface area contributed by atoms with Crippen molar-refractivity contribution >= 4 is 12.4 Å². The van der Waals surface area contributed by atoms with Crippen LogP contribution in [0.4, 0.5) is 4.39 Å². The van der Waals surface area contributed by atoms with E-state index in [-0.39, 0.29) is 24.8 Å². The quantitative estimate of drug-likeness (QED) is 0.847. The molecule has 2 aromatic rings. The fourth-order valence-corrected chi connectivity index (χ4v) is 1.17. The van der Waals surface area contributed by atoms with Gasteiger partial charge in [-0.1, -0.05) is 12.1 Å². The first-order chi connectivity index (χ1) is 7.31. The van der Waals surface area contributed by atoms with Crippen LogP contribution in [0.2, 0.25) is 0 Å². The van der Waals surface area contributed by atoms with E-state index in [0.29, 0.717) is 17.0 Å². The molecule has 0 unspecified atom stereocenters. The van der Waals surface area contributed by atoms with Gasteiger partial charge in [0, 0.05) is 17.7 Å². The Balaban J connectivity index is 0.00000128. The molecule has 7 heteroatoms. The molecule has 0 aliphatic carbocycles. The van der Waals surface area contributed by atoms with Crippen LogP contribution in [0.15, 0.2) is 24.5 Å². The highest BCUT2D eigenvalue weighted by Gasteiger charge is 2.06. The summed E-state index contributed by atoms with van der Waals surface area (Å²) in [6, 6.07) is 4.60. The van der Waals surface area contributed by atoms with E-state index in [1.807, 2.05) is 0 Å². The highest BCUT2D eigenvalue weighted by atomic mass is 35.5. The van der Waals surface area contributed by atoms with Crippen molar-refractivity contribution in [2.75, 3.05) is 0 Å². The van der Waals surface area contributed by atoms with Crippen LogP contribution in [-0.4, -0.2) is 20.4 Å². The second-order valence-electron chi connectivity index (χ2n) is 2.88. The second-order valence-corrected chi connectivity index (χ2v) is 2.88. The van der Waals surface area contributed by atoms with Gasteiger partial charge in [0.25, 0.3) is 0 Å². The molecule has 0 fully saturated rings. The molecule has 0 saturated heterocycles. The van der Waals surface area contributed by atoms with Gasteiger partial charge in [-0.3, -0.25) is 0 Å². The lowest BCUT2D eigenvalue weighted by atomic mass is 10.1. The molecule has 2 rings (SSSR count). The number of rotatable bonds is 2. The summed E-state index contributed by atoms with van der Waals surface area (Å²) < 4.78 is 13.4. The summed E-state index contributed by atoms with van der Waals surface area (Å²) in [4.78, 5) is 0. The van der Waals surface area contributed by atoms with Crippen LogP contribution in [0.1, 0.15) is 5.56 Å². The Kier molecular flexibility index (Phi) is 4.21. The Bertz CT molecular complexity index is 465. The second kappa shape index (κ2) is 5.43. The molecule has 0 aliphatic heterocycles. The summed E-state index contributed by atoms with van der Waals surface area (Å²) in [5.74, 6) is -0.0811. The van der Waals surface area contributed by atoms with Gasteiger partial charge in [0.15, 0.2) is 6.33 Å². The van der Waals surface area contributed by atoms with Gasteiger partial charge in [0.05, 0.1) is 0 Å². The zero-order chi connectivity index (χ0) is 10.7. The zero-order valence-electron chi connectivity index (χ0n) is 8.17. The van der Waals surface area contributed by atoms with Crippen molar-refractivity contribution < 1.29 is 4.39 Å². The minimum absolute atomic E-state index is 0. The summed E-state index contributed by atoms with van der Waals surface area (Å²) in [5, 5.41) is 14.6. The molecular weight excluding hydrogens is 233 g/mol. The van der Waals surface area contributed by atoms with Crippen molar-refractivity contribution in [3.63, 3.8) is 0 Å². The van der Waals surface area contributed by atoms with Crippen molar-refractivity contribution in [2.24, 2.45) is 5.73 Å². The standard InChI is InChI=1S/C9H8FN5.ClH/c10-8-3-6(1-2-7(8)4-11)9-14-12-5-13-15-9;/h1-3,5H,4,11H2;1H. The lowest BCUT2D eigenvalue weighted by molar-refractivity contribution is 0.611. The van der Waals surface area contributed by atoms with Crippen molar-refractivity contribution in [3.8, 4) is 11.4 Å². The van der Waals surface area contributed by atoms with E-state index in [1.165, 1.54) is 12.4 Å². The number of aromatic nitrogens is 4. The van der Waals surface area contributed by atoms with Gasteiger partial charge in [-0.15, -0.1) is 32.8 Å². The maximum absolute atomic E-state index is 13.4. The number of nitrogens with two attached hydrogens (primary N) is 1. The van der Waals surface area contributed by atoms with Gasteiger partial charge in [-0.25, -0.2) is 4.39 Å². The van der Waals surface area contributed by atoms with E-state index in [1.54, 1.807) is 12.1 Å². The Morgan fingerprint density at radius 1 is 1.19 bits per heavy atom. The van der Waals surface area contributed by atoms with Crippen molar-refractivity contribution in [1.29, 1.82) is 0 Å². The van der Waals surface area contributed by atoms with Gasteiger partial charge in [-0.05, 0) is 6.07 Å². The molecule has 16 heavy (non-hydrogen) atoms. The van der Waals surface area contributed by atoms with Crippen molar-refractivity contribution in [3.05, 3.63) is 35.9 Å². The highest BCUT2D eigenvalue weighted by molar-refractivity contribution is 5.85. The molecule has 0 atom stereocenters. The fraction of sp³-hybridized carbons (Fsp3) is 0.111. The number of hydrogen-bond acceptors (Lipinski definition) is 5. The maximum atomic E-state index is 13.4. The molecule has 0 amide bonds. The molecule has 1 aromatic heterocycles. The average molecular weight is 242 g/mol. The predicted molar refractivity (Wildman–Crippen MR) is 58.2 cm³/mol. The SMILES string of the molecule is Cl.NCc1ccc(-c2nncnn2)cc1F. The van der Waals surface area contributed by atoms with Crippen LogP contribution in [0.25, 0.3) is 11.4 Å². The average Bonchev–Trinajstić information content (AvgIpc) is 2.30. The lowest BCUT2D eigenvalue weighted by Gasteiger charge is -2.01. The van der Waals surface area contributed by atoms with Crippen molar-refractivity contribution in [2.45, 2.75) is 6.54 Å². The minimum atomic E-state index is -0.373. The first kappa shape index (κ1) is 12.4. The molecular formula is C9H9ClFN5. The zero-order valence-corrected chi connectivity index (χ0v) is 8.99. The highest BCUT2D eigenvalue weighted by Crippen LogP contribution is 2.16. The molecule has 0 spiro atoms. The third-order valence-corrected chi connectivity index (χ3v) is 1.94. The Labute approximate surface area is 97.3 Å². The molecule has 0 bridgehead atoms. The van der Waals surface area contributed by atoms with Crippen LogP contribution in [0, 0.1) is 5.82 Å². The summed E-state index contributed by atoms with van der Waals surface area (Å²) in [6.07, 6.45) is 1.22. The van der Waals surface area contributed by atoms with E-state index in [4.69, 9.17) is 5.73 Å². The number of benzene rings is 1. The predicted octanol–water partition coefficient (Wildman–Crippen LogP) is 0.953. The first-order valence-electron chi connectivity index (χ1n) is 4.30. The number of halogens is 2. The summed E-state index contributed by atoms with van der Waals surface area (Å²) in [7, 11) is 0. The third-order valence-electron chi connectivity index (χ3n) is 1.94. The smallest absolute Gasteiger partial charge is 0.203 e. The van der Waals surface area contributed by atoms with Gasteiger partial charge in [0.1, 0.15) is 5.82 Å². The van der Waals surface area contributed by atoms with E-state index in [2.05, 4.69) is 20.4 Å². The van der Waals surface area contributed by atoms with Crippen LogP contribution in [0.3, 0.4) is 0 Å². The van der Waals surface area contributed by atoms with E-state index in [0.717, 1.165) is 0 Å². The lowest BCUT2D eigenvalue weighted by Crippen LogP contribution is -2.00. The van der Waals surface area contributed by atoms with Crippen molar-refractivity contribution in [1.82, 2.24) is 20.4 Å². The summed E-state index contributed by atoms with van der Waals surface area (Å²) >= 11 is 0. The van der Waals surface area contributed by atoms with Gasteiger partial charge in [0.2, 0.25) is 5.82 Å². The molecule has 84 valence electrons. The van der Waals surface area contributed by atoms with Crippen LogP contribution in [-0.2, 0) is 6.54 Å². The van der Waals surface area contributed by atoms with Crippen LogP contribution >= 0.6 is 12.4 Å². The summed E-state index contributed by atoms with van der Waals surface area (Å²) in [5.41, 5.74) is 6.33. The monoisotopic (exact) mass is 241 g/mol. The van der Waals surface area contributed by atoms with Gasteiger partial charge in [-0.2, -0.15) is 0 Å². The van der Waals surface area contributed by atoms with E-state index >= 15 is 0 Å². The molecule has 2 N–H and O–H groups in total. The number of hydrogen-bond donors (Lipinski definition) is 1. The molecule has 1 aromatic carbocycles. The van der Waals surface area contributed by atoms with Gasteiger partial charge < -0.3 is 5.73 Å². The minimum Gasteiger partial charge on any atom is -0.326 e. The Morgan fingerprint density at radius 3 is 2.44 bits per heavy atom.